The molecule has 0 aromatic heterocycles. The van der Waals surface area contributed by atoms with Crippen LogP contribution in [0.15, 0.2) is 24.3 Å². The number of benzene rings is 1. The van der Waals surface area contributed by atoms with E-state index in [0.717, 1.165) is 13.0 Å². The summed E-state index contributed by atoms with van der Waals surface area (Å²) in [7, 11) is 0. The van der Waals surface area contributed by atoms with Crippen LogP contribution in [0.4, 0.5) is 0 Å². The summed E-state index contributed by atoms with van der Waals surface area (Å²) in [5.74, 6) is -0.252. The van der Waals surface area contributed by atoms with Crippen LogP contribution in [-0.4, -0.2) is 30.9 Å². The topological polar surface area (TPSA) is 55.8 Å². The van der Waals surface area contributed by atoms with Gasteiger partial charge in [0.15, 0.2) is 0 Å². The van der Waals surface area contributed by atoms with Crippen molar-refractivity contribution < 1.29 is 19.4 Å². The predicted molar refractivity (Wildman–Crippen MR) is 96.9 cm³/mol. The van der Waals surface area contributed by atoms with Gasteiger partial charge in [0.05, 0.1) is 12.2 Å². The van der Waals surface area contributed by atoms with Gasteiger partial charge in [0.2, 0.25) is 0 Å². The second-order valence-electron chi connectivity index (χ2n) is 6.12. The Morgan fingerprint density at radius 2 is 1.42 bits per heavy atom. The maximum absolute atomic E-state index is 10.7. The third-order valence-corrected chi connectivity index (χ3v) is 3.99. The van der Waals surface area contributed by atoms with Crippen molar-refractivity contribution in [2.45, 2.75) is 64.7 Å². The van der Waals surface area contributed by atoms with Crippen molar-refractivity contribution in [3.63, 3.8) is 0 Å². The molecule has 0 aliphatic rings. The molecule has 0 saturated heterocycles. The summed E-state index contributed by atoms with van der Waals surface area (Å²) < 4.78 is 11.1. The Bertz CT molecular complexity index is 428. The van der Waals surface area contributed by atoms with Crippen molar-refractivity contribution >= 4 is 5.97 Å². The molecule has 0 aliphatic heterocycles. The molecule has 0 radical (unpaired) electrons. The van der Waals surface area contributed by atoms with Crippen LogP contribution >= 0.6 is 0 Å². The number of rotatable bonds is 15. The molecule has 136 valence electrons. The molecule has 0 heterocycles. The number of carboxylic acids is 1. The van der Waals surface area contributed by atoms with E-state index in [1.807, 2.05) is 0 Å². The second kappa shape index (κ2) is 13.8. The predicted octanol–water partition coefficient (Wildman–Crippen LogP) is 5.31. The minimum absolute atomic E-state index is 0.268. The van der Waals surface area contributed by atoms with Gasteiger partial charge in [-0.25, -0.2) is 4.79 Å². The van der Waals surface area contributed by atoms with E-state index in [9.17, 15) is 4.79 Å². The largest absolute Gasteiger partial charge is 0.491 e. The van der Waals surface area contributed by atoms with Crippen molar-refractivity contribution in [1.29, 1.82) is 0 Å². The average molecular weight is 336 g/mol. The van der Waals surface area contributed by atoms with Crippen molar-refractivity contribution in [3.05, 3.63) is 29.8 Å². The van der Waals surface area contributed by atoms with E-state index in [1.54, 1.807) is 24.3 Å². The highest BCUT2D eigenvalue weighted by molar-refractivity contribution is 5.87. The molecule has 1 aromatic rings. The lowest BCUT2D eigenvalue weighted by molar-refractivity contribution is 0.0696. The van der Waals surface area contributed by atoms with Crippen LogP contribution in [0.1, 0.15) is 75.1 Å². The molecule has 4 nitrogen and oxygen atoms in total. The monoisotopic (exact) mass is 336 g/mol. The summed E-state index contributed by atoms with van der Waals surface area (Å²) >= 11 is 0. The van der Waals surface area contributed by atoms with Gasteiger partial charge < -0.3 is 14.6 Å². The highest BCUT2D eigenvalue weighted by atomic mass is 16.5. The second-order valence-corrected chi connectivity index (χ2v) is 6.12. The Kier molecular flexibility index (Phi) is 11.8. The average Bonchev–Trinajstić information content (AvgIpc) is 2.59. The minimum atomic E-state index is -0.925. The Morgan fingerprint density at radius 1 is 0.833 bits per heavy atom. The highest BCUT2D eigenvalue weighted by Gasteiger charge is 2.01. The van der Waals surface area contributed by atoms with Gasteiger partial charge in [-0.05, 0) is 30.7 Å². The molecule has 24 heavy (non-hydrogen) atoms. The molecule has 0 bridgehead atoms. The fourth-order valence-electron chi connectivity index (χ4n) is 2.53. The Hall–Kier alpha value is -1.55. The Balaban J connectivity index is 1.87. The number of carboxylic acid groups (broad SMARTS) is 1. The van der Waals surface area contributed by atoms with Gasteiger partial charge in [0.25, 0.3) is 0 Å². The maximum atomic E-state index is 10.7. The molecule has 0 unspecified atom stereocenters. The van der Waals surface area contributed by atoms with Crippen LogP contribution in [0.25, 0.3) is 0 Å². The zero-order valence-corrected chi connectivity index (χ0v) is 15.0. The zero-order chi connectivity index (χ0) is 17.5. The van der Waals surface area contributed by atoms with Crippen LogP contribution in [0.2, 0.25) is 0 Å². The van der Waals surface area contributed by atoms with E-state index >= 15 is 0 Å². The maximum Gasteiger partial charge on any atom is 0.335 e. The molecule has 1 aromatic carbocycles. The molecular formula is C20H32O4. The third-order valence-electron chi connectivity index (χ3n) is 3.99. The van der Waals surface area contributed by atoms with Crippen LogP contribution in [0.3, 0.4) is 0 Å². The number of carbonyl (C=O) groups is 1. The molecule has 1 N–H and O–H groups in total. The first-order valence-electron chi connectivity index (χ1n) is 9.28. The number of aromatic carboxylic acids is 1. The standard InChI is InChI=1S/C20H32O4/c1-2-3-4-5-6-7-8-9-10-15-23-16-17-24-19-13-11-18(12-14-19)20(21)22/h11-14H,2-10,15-17H2,1H3,(H,21,22). The zero-order valence-electron chi connectivity index (χ0n) is 15.0. The van der Waals surface area contributed by atoms with Crippen molar-refractivity contribution in [2.75, 3.05) is 19.8 Å². The van der Waals surface area contributed by atoms with E-state index in [-0.39, 0.29) is 5.56 Å². The van der Waals surface area contributed by atoms with Crippen molar-refractivity contribution in [3.8, 4) is 5.75 Å². The summed E-state index contributed by atoms with van der Waals surface area (Å²) in [5, 5.41) is 8.81. The Labute approximate surface area is 146 Å². The van der Waals surface area contributed by atoms with Crippen LogP contribution in [0, 0.1) is 0 Å². The number of unbranched alkanes of at least 4 members (excludes halogenated alkanes) is 8. The quantitative estimate of drug-likeness (QED) is 0.441. The van der Waals surface area contributed by atoms with Crippen molar-refractivity contribution in [2.24, 2.45) is 0 Å². The van der Waals surface area contributed by atoms with Gasteiger partial charge in [-0.1, -0.05) is 58.3 Å². The number of hydrogen-bond acceptors (Lipinski definition) is 3. The van der Waals surface area contributed by atoms with Gasteiger partial charge in [0.1, 0.15) is 12.4 Å². The van der Waals surface area contributed by atoms with E-state index in [2.05, 4.69) is 6.92 Å². The van der Waals surface area contributed by atoms with Gasteiger partial charge in [-0.3, -0.25) is 0 Å². The van der Waals surface area contributed by atoms with Crippen molar-refractivity contribution in [1.82, 2.24) is 0 Å². The third kappa shape index (κ3) is 10.3. The smallest absolute Gasteiger partial charge is 0.335 e. The minimum Gasteiger partial charge on any atom is -0.491 e. The van der Waals surface area contributed by atoms with E-state index in [1.165, 1.54) is 51.4 Å². The van der Waals surface area contributed by atoms with E-state index in [4.69, 9.17) is 14.6 Å². The summed E-state index contributed by atoms with van der Waals surface area (Å²) in [6.07, 6.45) is 11.8. The lowest BCUT2D eigenvalue weighted by Gasteiger charge is -2.07. The summed E-state index contributed by atoms with van der Waals surface area (Å²) in [6, 6.07) is 6.43. The van der Waals surface area contributed by atoms with Crippen LogP contribution < -0.4 is 4.74 Å². The molecule has 0 spiro atoms. The molecule has 0 saturated carbocycles. The molecule has 0 fully saturated rings. The summed E-state index contributed by atoms with van der Waals surface area (Å²) in [5.41, 5.74) is 0.268. The van der Waals surface area contributed by atoms with Gasteiger partial charge >= 0.3 is 5.97 Å². The summed E-state index contributed by atoms with van der Waals surface area (Å²) in [6.45, 7) is 4.10. The SMILES string of the molecule is CCCCCCCCCCCOCCOc1ccc(C(=O)O)cc1. The molecule has 0 aliphatic carbocycles. The molecule has 4 heteroatoms. The normalized spacial score (nSPS) is 10.7. The van der Waals surface area contributed by atoms with E-state index < -0.39 is 5.97 Å². The fraction of sp³-hybridized carbons (Fsp3) is 0.650. The van der Waals surface area contributed by atoms with Crippen LogP contribution in [0.5, 0.6) is 5.75 Å². The summed E-state index contributed by atoms with van der Waals surface area (Å²) in [4.78, 5) is 10.7. The van der Waals surface area contributed by atoms with Gasteiger partial charge in [-0.15, -0.1) is 0 Å². The first kappa shape index (κ1) is 20.5. The van der Waals surface area contributed by atoms with Crippen LogP contribution in [-0.2, 0) is 4.74 Å². The first-order valence-corrected chi connectivity index (χ1v) is 9.28. The lowest BCUT2D eigenvalue weighted by Crippen LogP contribution is -2.07. The fourth-order valence-corrected chi connectivity index (χ4v) is 2.53. The van der Waals surface area contributed by atoms with Gasteiger partial charge in [0, 0.05) is 6.61 Å². The van der Waals surface area contributed by atoms with E-state index in [0.29, 0.717) is 19.0 Å². The molecular weight excluding hydrogens is 304 g/mol. The first-order chi connectivity index (χ1) is 11.7. The Morgan fingerprint density at radius 3 is 2.00 bits per heavy atom. The number of ether oxygens (including phenoxy) is 2. The van der Waals surface area contributed by atoms with Gasteiger partial charge in [-0.2, -0.15) is 0 Å². The number of hydrogen-bond donors (Lipinski definition) is 1. The molecule has 0 atom stereocenters. The molecule has 1 rings (SSSR count). The highest BCUT2D eigenvalue weighted by Crippen LogP contribution is 2.12. The lowest BCUT2D eigenvalue weighted by atomic mass is 10.1. The molecule has 0 amide bonds.